The Morgan fingerprint density at radius 1 is 1.71 bits per heavy atom. The van der Waals surface area contributed by atoms with Crippen molar-refractivity contribution in [3.8, 4) is 0 Å². The normalized spacial score (nSPS) is 14.9. The van der Waals surface area contributed by atoms with Gasteiger partial charge in [-0.05, 0) is 19.1 Å². The van der Waals surface area contributed by atoms with Gasteiger partial charge in [0, 0.05) is 11.4 Å². The summed E-state index contributed by atoms with van der Waals surface area (Å²) in [5.41, 5.74) is 4.32. The lowest BCUT2D eigenvalue weighted by atomic mass is 10.1. The predicted octanol–water partition coefficient (Wildman–Crippen LogP) is 0.701. The molecule has 0 saturated heterocycles. The van der Waals surface area contributed by atoms with Crippen LogP contribution in [-0.2, 0) is 10.3 Å². The summed E-state index contributed by atoms with van der Waals surface area (Å²) in [6, 6.07) is 3.31. The molecule has 1 atom stereocenters. The first-order chi connectivity index (χ1) is 6.51. The molecule has 1 heterocycles. The van der Waals surface area contributed by atoms with E-state index in [0.717, 1.165) is 0 Å². The molecule has 78 valence electrons. The van der Waals surface area contributed by atoms with E-state index >= 15 is 0 Å². The molecule has 0 aliphatic heterocycles. The Labute approximate surface area is 86.3 Å². The number of carbonyl (C=O) groups is 1. The highest BCUT2D eigenvalue weighted by Gasteiger charge is 2.24. The predicted molar refractivity (Wildman–Crippen MR) is 54.3 cm³/mol. The van der Waals surface area contributed by atoms with Crippen LogP contribution in [0.2, 0.25) is 0 Å². The Bertz CT molecular complexity index is 333. The first kappa shape index (κ1) is 11.2. The van der Waals surface area contributed by atoms with E-state index in [-0.39, 0.29) is 6.54 Å². The third-order valence-electron chi connectivity index (χ3n) is 1.92. The second kappa shape index (κ2) is 4.08. The molecular formula is C9H13NO3S. The smallest absolute Gasteiger partial charge is 0.348 e. The molecule has 0 saturated carbocycles. The van der Waals surface area contributed by atoms with Gasteiger partial charge in [0.2, 0.25) is 0 Å². The van der Waals surface area contributed by atoms with Gasteiger partial charge >= 0.3 is 5.97 Å². The van der Waals surface area contributed by atoms with Crippen LogP contribution in [0.5, 0.6) is 0 Å². The Morgan fingerprint density at radius 3 is 2.86 bits per heavy atom. The SMILES string of the molecule is COC(=O)c1ccc(C(C)(O)CN)s1. The number of hydrogen-bond acceptors (Lipinski definition) is 5. The lowest BCUT2D eigenvalue weighted by Crippen LogP contribution is -2.30. The molecule has 0 aromatic carbocycles. The molecule has 5 heteroatoms. The molecule has 1 aromatic heterocycles. The minimum Gasteiger partial charge on any atom is -0.465 e. The highest BCUT2D eigenvalue weighted by molar-refractivity contribution is 7.14. The number of hydrogen-bond donors (Lipinski definition) is 2. The molecule has 14 heavy (non-hydrogen) atoms. The van der Waals surface area contributed by atoms with Gasteiger partial charge in [-0.1, -0.05) is 0 Å². The Hall–Kier alpha value is -0.910. The molecule has 1 rings (SSSR count). The summed E-state index contributed by atoms with van der Waals surface area (Å²) in [7, 11) is 1.32. The number of esters is 1. The highest BCUT2D eigenvalue weighted by Crippen LogP contribution is 2.27. The number of methoxy groups -OCH3 is 1. The maximum atomic E-state index is 11.1. The van der Waals surface area contributed by atoms with Crippen molar-refractivity contribution in [3.63, 3.8) is 0 Å². The van der Waals surface area contributed by atoms with Crippen LogP contribution in [0.3, 0.4) is 0 Å². The summed E-state index contributed by atoms with van der Waals surface area (Å²) in [5, 5.41) is 9.80. The minimum absolute atomic E-state index is 0.119. The van der Waals surface area contributed by atoms with Crippen LogP contribution in [0.4, 0.5) is 0 Å². The second-order valence-electron chi connectivity index (χ2n) is 3.13. The standard InChI is InChI=1S/C9H13NO3S/c1-9(12,5-10)7-4-3-6(14-7)8(11)13-2/h3-4,12H,5,10H2,1-2H3. The summed E-state index contributed by atoms with van der Waals surface area (Å²) >= 11 is 1.19. The van der Waals surface area contributed by atoms with Crippen molar-refractivity contribution in [2.75, 3.05) is 13.7 Å². The second-order valence-corrected chi connectivity index (χ2v) is 4.22. The number of ether oxygens (including phenoxy) is 1. The molecule has 0 bridgehead atoms. The van der Waals surface area contributed by atoms with E-state index in [1.807, 2.05) is 0 Å². The molecule has 3 N–H and O–H groups in total. The van der Waals surface area contributed by atoms with Gasteiger partial charge in [0.15, 0.2) is 0 Å². The van der Waals surface area contributed by atoms with Crippen molar-refractivity contribution < 1.29 is 14.6 Å². The Balaban J connectivity index is 2.93. The zero-order valence-electron chi connectivity index (χ0n) is 8.11. The number of aliphatic hydroxyl groups is 1. The quantitative estimate of drug-likeness (QED) is 0.728. The molecule has 4 nitrogen and oxygen atoms in total. The molecule has 0 radical (unpaired) electrons. The lowest BCUT2D eigenvalue weighted by Gasteiger charge is -2.18. The highest BCUT2D eigenvalue weighted by atomic mass is 32.1. The largest absolute Gasteiger partial charge is 0.465 e. The zero-order chi connectivity index (χ0) is 10.8. The van der Waals surface area contributed by atoms with Crippen molar-refractivity contribution >= 4 is 17.3 Å². The van der Waals surface area contributed by atoms with Crippen LogP contribution in [0.1, 0.15) is 21.5 Å². The molecule has 0 aliphatic carbocycles. The number of rotatable bonds is 3. The van der Waals surface area contributed by atoms with E-state index < -0.39 is 11.6 Å². The Kier molecular flexibility index (Phi) is 3.25. The minimum atomic E-state index is -1.07. The molecule has 0 spiro atoms. The van der Waals surface area contributed by atoms with E-state index in [2.05, 4.69) is 4.74 Å². The molecule has 1 unspecified atom stereocenters. The van der Waals surface area contributed by atoms with E-state index in [1.54, 1.807) is 19.1 Å². The maximum Gasteiger partial charge on any atom is 0.348 e. The van der Waals surface area contributed by atoms with Crippen LogP contribution >= 0.6 is 11.3 Å². The van der Waals surface area contributed by atoms with Gasteiger partial charge in [0.25, 0.3) is 0 Å². The third kappa shape index (κ3) is 2.12. The van der Waals surface area contributed by atoms with Crippen LogP contribution in [-0.4, -0.2) is 24.7 Å². The zero-order valence-corrected chi connectivity index (χ0v) is 8.93. The van der Waals surface area contributed by atoms with E-state index in [4.69, 9.17) is 5.73 Å². The van der Waals surface area contributed by atoms with Gasteiger partial charge in [-0.25, -0.2) is 4.79 Å². The van der Waals surface area contributed by atoms with Gasteiger partial charge in [-0.3, -0.25) is 0 Å². The number of carbonyl (C=O) groups excluding carboxylic acids is 1. The first-order valence-corrected chi connectivity index (χ1v) is 4.94. The number of nitrogens with two attached hydrogens (primary N) is 1. The molecule has 1 aromatic rings. The summed E-state index contributed by atoms with van der Waals surface area (Å²) < 4.78 is 4.55. The molecule has 0 aliphatic rings. The summed E-state index contributed by atoms with van der Waals surface area (Å²) in [6.45, 7) is 1.73. The topological polar surface area (TPSA) is 72.5 Å². The van der Waals surface area contributed by atoms with E-state index in [0.29, 0.717) is 9.75 Å². The van der Waals surface area contributed by atoms with Crippen molar-refractivity contribution in [1.82, 2.24) is 0 Å². The van der Waals surface area contributed by atoms with Crippen molar-refractivity contribution in [2.45, 2.75) is 12.5 Å². The Morgan fingerprint density at radius 2 is 2.36 bits per heavy atom. The maximum absolute atomic E-state index is 11.1. The monoisotopic (exact) mass is 215 g/mol. The van der Waals surface area contributed by atoms with Crippen molar-refractivity contribution in [2.24, 2.45) is 5.73 Å². The molecule has 0 amide bonds. The van der Waals surface area contributed by atoms with Crippen LogP contribution < -0.4 is 5.73 Å². The average Bonchev–Trinajstić information content (AvgIpc) is 2.66. The number of thiophene rings is 1. The van der Waals surface area contributed by atoms with Gasteiger partial charge in [0.1, 0.15) is 10.5 Å². The van der Waals surface area contributed by atoms with Gasteiger partial charge in [-0.2, -0.15) is 0 Å². The van der Waals surface area contributed by atoms with E-state index in [9.17, 15) is 9.90 Å². The van der Waals surface area contributed by atoms with Crippen molar-refractivity contribution in [1.29, 1.82) is 0 Å². The molecular weight excluding hydrogens is 202 g/mol. The lowest BCUT2D eigenvalue weighted by molar-refractivity contribution is 0.0606. The third-order valence-corrected chi connectivity index (χ3v) is 3.24. The first-order valence-electron chi connectivity index (χ1n) is 4.12. The summed E-state index contributed by atoms with van der Waals surface area (Å²) in [4.78, 5) is 12.3. The van der Waals surface area contributed by atoms with Crippen LogP contribution in [0, 0.1) is 0 Å². The van der Waals surface area contributed by atoms with E-state index in [1.165, 1.54) is 18.4 Å². The summed E-state index contributed by atoms with van der Waals surface area (Å²) in [5.74, 6) is -0.394. The fraction of sp³-hybridized carbons (Fsp3) is 0.444. The van der Waals surface area contributed by atoms with Gasteiger partial charge in [0.05, 0.1) is 7.11 Å². The fourth-order valence-corrected chi connectivity index (χ4v) is 1.92. The van der Waals surface area contributed by atoms with Gasteiger partial charge in [-0.15, -0.1) is 11.3 Å². The van der Waals surface area contributed by atoms with Crippen molar-refractivity contribution in [3.05, 3.63) is 21.9 Å². The van der Waals surface area contributed by atoms with Crippen LogP contribution in [0.15, 0.2) is 12.1 Å². The summed E-state index contributed by atoms with van der Waals surface area (Å²) in [6.07, 6.45) is 0. The fourth-order valence-electron chi connectivity index (χ4n) is 0.938. The van der Waals surface area contributed by atoms with Gasteiger partial charge < -0.3 is 15.6 Å². The van der Waals surface area contributed by atoms with Crippen LogP contribution in [0.25, 0.3) is 0 Å². The average molecular weight is 215 g/mol. The molecule has 0 fully saturated rings.